The van der Waals surface area contributed by atoms with Crippen molar-refractivity contribution in [2.24, 2.45) is 5.92 Å². The lowest BCUT2D eigenvalue weighted by Gasteiger charge is -2.13. The van der Waals surface area contributed by atoms with Gasteiger partial charge < -0.3 is 19.4 Å². The fraction of sp³-hybridized carbons (Fsp3) is 0.333. The molecule has 3 rings (SSSR count). The average molecular weight is 367 g/mol. The number of hydrogen-bond donors (Lipinski definition) is 1. The minimum atomic E-state index is -0.0337. The van der Waals surface area contributed by atoms with Crippen LogP contribution in [-0.2, 0) is 11.3 Å². The molecule has 2 aromatic carbocycles. The molecule has 6 heteroatoms. The van der Waals surface area contributed by atoms with E-state index in [2.05, 4.69) is 19.2 Å². The van der Waals surface area contributed by atoms with Crippen molar-refractivity contribution in [1.82, 2.24) is 14.9 Å². The summed E-state index contributed by atoms with van der Waals surface area (Å²) >= 11 is 0. The maximum Gasteiger partial charge on any atom is 0.240 e. The van der Waals surface area contributed by atoms with Gasteiger partial charge in [0.25, 0.3) is 0 Å². The first-order valence-electron chi connectivity index (χ1n) is 8.97. The van der Waals surface area contributed by atoms with Gasteiger partial charge in [0.2, 0.25) is 5.91 Å². The van der Waals surface area contributed by atoms with Gasteiger partial charge in [0, 0.05) is 12.1 Å². The largest absolute Gasteiger partial charge is 0.493 e. The predicted octanol–water partition coefficient (Wildman–Crippen LogP) is 3.49. The summed E-state index contributed by atoms with van der Waals surface area (Å²) in [7, 11) is 3.20. The number of hydrogen-bond acceptors (Lipinski definition) is 4. The van der Waals surface area contributed by atoms with Crippen LogP contribution in [0.2, 0.25) is 0 Å². The first kappa shape index (κ1) is 18.8. The Labute approximate surface area is 159 Å². The molecule has 1 heterocycles. The molecule has 1 aromatic heterocycles. The molecule has 0 bridgehead atoms. The Morgan fingerprint density at radius 1 is 1.11 bits per heavy atom. The number of fused-ring (bicyclic) bond motifs is 1. The first-order valence-corrected chi connectivity index (χ1v) is 8.97. The SMILES string of the molecule is COc1ccc(-c2nc3ccccc3n2CC(=O)NCC(C)C)cc1OC. The molecule has 6 nitrogen and oxygen atoms in total. The van der Waals surface area contributed by atoms with Gasteiger partial charge in [0.1, 0.15) is 12.4 Å². The number of benzene rings is 2. The average Bonchev–Trinajstić information content (AvgIpc) is 3.04. The summed E-state index contributed by atoms with van der Waals surface area (Å²) in [6.07, 6.45) is 0. The van der Waals surface area contributed by atoms with Crippen LogP contribution in [0, 0.1) is 5.92 Å². The molecule has 0 saturated carbocycles. The van der Waals surface area contributed by atoms with Crippen molar-refractivity contribution in [3.63, 3.8) is 0 Å². The zero-order valence-electron chi connectivity index (χ0n) is 16.2. The minimum absolute atomic E-state index is 0.0337. The summed E-state index contributed by atoms with van der Waals surface area (Å²) in [5.74, 6) is 2.36. The van der Waals surface area contributed by atoms with Crippen molar-refractivity contribution in [3.05, 3.63) is 42.5 Å². The van der Waals surface area contributed by atoms with Gasteiger partial charge >= 0.3 is 0 Å². The number of aromatic nitrogens is 2. The number of amides is 1. The van der Waals surface area contributed by atoms with Crippen LogP contribution in [0.1, 0.15) is 13.8 Å². The van der Waals surface area contributed by atoms with Crippen LogP contribution in [0.3, 0.4) is 0 Å². The minimum Gasteiger partial charge on any atom is -0.493 e. The van der Waals surface area contributed by atoms with Gasteiger partial charge in [-0.2, -0.15) is 0 Å². The molecule has 3 aromatic rings. The van der Waals surface area contributed by atoms with E-state index in [9.17, 15) is 4.79 Å². The van der Waals surface area contributed by atoms with E-state index in [0.29, 0.717) is 24.0 Å². The summed E-state index contributed by atoms with van der Waals surface area (Å²) in [6.45, 7) is 5.00. The van der Waals surface area contributed by atoms with Crippen LogP contribution >= 0.6 is 0 Å². The third-order valence-electron chi connectivity index (χ3n) is 4.31. The molecule has 1 N–H and O–H groups in total. The van der Waals surface area contributed by atoms with Crippen molar-refractivity contribution in [2.45, 2.75) is 20.4 Å². The van der Waals surface area contributed by atoms with Crippen molar-refractivity contribution in [3.8, 4) is 22.9 Å². The third-order valence-corrected chi connectivity index (χ3v) is 4.31. The Bertz CT molecular complexity index is 947. The van der Waals surface area contributed by atoms with Gasteiger partial charge in [-0.15, -0.1) is 0 Å². The lowest BCUT2D eigenvalue weighted by molar-refractivity contribution is -0.121. The van der Waals surface area contributed by atoms with Crippen LogP contribution in [-0.4, -0.2) is 36.2 Å². The maximum atomic E-state index is 12.5. The molecule has 0 aliphatic heterocycles. The molecule has 27 heavy (non-hydrogen) atoms. The number of rotatable bonds is 7. The smallest absolute Gasteiger partial charge is 0.240 e. The number of ether oxygens (including phenoxy) is 2. The van der Waals surface area contributed by atoms with Gasteiger partial charge in [-0.25, -0.2) is 4.98 Å². The van der Waals surface area contributed by atoms with Gasteiger partial charge in [-0.1, -0.05) is 26.0 Å². The van der Waals surface area contributed by atoms with E-state index in [0.717, 1.165) is 22.4 Å². The number of imidazole rings is 1. The van der Waals surface area contributed by atoms with Crippen LogP contribution in [0.15, 0.2) is 42.5 Å². The zero-order chi connectivity index (χ0) is 19.4. The Morgan fingerprint density at radius 3 is 2.56 bits per heavy atom. The van der Waals surface area contributed by atoms with Crippen LogP contribution < -0.4 is 14.8 Å². The van der Waals surface area contributed by atoms with Crippen LogP contribution in [0.5, 0.6) is 11.5 Å². The highest BCUT2D eigenvalue weighted by Gasteiger charge is 2.17. The molecule has 0 atom stereocenters. The molecule has 1 amide bonds. The van der Waals surface area contributed by atoms with E-state index in [1.54, 1.807) is 14.2 Å². The molecule has 0 aliphatic carbocycles. The Kier molecular flexibility index (Phi) is 5.64. The van der Waals surface area contributed by atoms with Crippen LogP contribution in [0.25, 0.3) is 22.4 Å². The van der Waals surface area contributed by atoms with E-state index in [-0.39, 0.29) is 12.5 Å². The highest BCUT2D eigenvalue weighted by Crippen LogP contribution is 2.33. The van der Waals surface area contributed by atoms with Gasteiger partial charge in [0.15, 0.2) is 11.5 Å². The van der Waals surface area contributed by atoms with Crippen LogP contribution in [0.4, 0.5) is 0 Å². The summed E-state index contributed by atoms with van der Waals surface area (Å²) in [5.41, 5.74) is 2.63. The topological polar surface area (TPSA) is 65.4 Å². The molecule has 0 radical (unpaired) electrons. The second kappa shape index (κ2) is 8.12. The van der Waals surface area contributed by atoms with E-state index in [1.807, 2.05) is 47.0 Å². The molecule has 142 valence electrons. The second-order valence-electron chi connectivity index (χ2n) is 6.78. The van der Waals surface area contributed by atoms with E-state index < -0.39 is 0 Å². The third kappa shape index (κ3) is 4.05. The molecular formula is C21H25N3O3. The fourth-order valence-corrected chi connectivity index (χ4v) is 2.95. The number of methoxy groups -OCH3 is 2. The zero-order valence-corrected chi connectivity index (χ0v) is 16.2. The lowest BCUT2D eigenvalue weighted by atomic mass is 10.2. The molecule has 0 fully saturated rings. The van der Waals surface area contributed by atoms with Gasteiger partial charge in [-0.3, -0.25) is 4.79 Å². The Hall–Kier alpha value is -3.02. The van der Waals surface area contributed by atoms with E-state index in [4.69, 9.17) is 14.5 Å². The van der Waals surface area contributed by atoms with Crippen molar-refractivity contribution in [1.29, 1.82) is 0 Å². The Balaban J connectivity index is 2.03. The molecule has 0 aliphatic rings. The molecular weight excluding hydrogens is 342 g/mol. The summed E-state index contributed by atoms with van der Waals surface area (Å²) < 4.78 is 12.7. The van der Waals surface area contributed by atoms with Crippen molar-refractivity contribution >= 4 is 16.9 Å². The molecule has 0 unspecified atom stereocenters. The second-order valence-corrected chi connectivity index (χ2v) is 6.78. The first-order chi connectivity index (χ1) is 13.0. The Morgan fingerprint density at radius 2 is 1.85 bits per heavy atom. The van der Waals surface area contributed by atoms with Gasteiger partial charge in [-0.05, 0) is 36.2 Å². The quantitative estimate of drug-likeness (QED) is 0.694. The molecule has 0 saturated heterocycles. The number of nitrogens with zero attached hydrogens (tertiary/aromatic N) is 2. The molecule has 0 spiro atoms. The standard InChI is InChI=1S/C21H25N3O3/c1-14(2)12-22-20(25)13-24-17-8-6-5-7-16(17)23-21(24)15-9-10-18(26-3)19(11-15)27-4/h5-11,14H,12-13H2,1-4H3,(H,22,25). The van der Waals surface area contributed by atoms with Gasteiger partial charge in [0.05, 0.1) is 25.3 Å². The van der Waals surface area contributed by atoms with E-state index >= 15 is 0 Å². The fourth-order valence-electron chi connectivity index (χ4n) is 2.95. The number of para-hydroxylation sites is 2. The highest BCUT2D eigenvalue weighted by atomic mass is 16.5. The van der Waals surface area contributed by atoms with Crippen molar-refractivity contribution < 1.29 is 14.3 Å². The predicted molar refractivity (Wildman–Crippen MR) is 106 cm³/mol. The number of carbonyl (C=O) groups is 1. The summed E-state index contributed by atoms with van der Waals surface area (Å²) in [6, 6.07) is 13.5. The number of carbonyl (C=O) groups excluding carboxylic acids is 1. The van der Waals surface area contributed by atoms with Crippen molar-refractivity contribution in [2.75, 3.05) is 20.8 Å². The number of nitrogens with one attached hydrogen (secondary N) is 1. The lowest BCUT2D eigenvalue weighted by Crippen LogP contribution is -2.30. The normalized spacial score (nSPS) is 11.0. The monoisotopic (exact) mass is 367 g/mol. The highest BCUT2D eigenvalue weighted by molar-refractivity contribution is 5.84. The van der Waals surface area contributed by atoms with E-state index in [1.165, 1.54) is 0 Å². The summed E-state index contributed by atoms with van der Waals surface area (Å²) in [5, 5.41) is 2.97. The maximum absolute atomic E-state index is 12.5. The summed E-state index contributed by atoms with van der Waals surface area (Å²) in [4.78, 5) is 17.2.